The quantitative estimate of drug-likeness (QED) is 0.565. The summed E-state index contributed by atoms with van der Waals surface area (Å²) in [5, 5.41) is 0. The van der Waals surface area contributed by atoms with Crippen LogP contribution >= 0.6 is 0 Å². The first-order valence-corrected chi connectivity index (χ1v) is 4.26. The van der Waals surface area contributed by atoms with Crippen LogP contribution in [0.3, 0.4) is 0 Å². The molecule has 0 aliphatic carbocycles. The first-order valence-electron chi connectivity index (χ1n) is 4.26. The third-order valence-corrected chi connectivity index (χ3v) is 2.52. The van der Waals surface area contributed by atoms with Gasteiger partial charge in [0.15, 0.2) is 0 Å². The first-order chi connectivity index (χ1) is 4.90. The molecule has 2 heteroatoms. The molecule has 2 rings (SSSR count). The van der Waals surface area contributed by atoms with Crippen LogP contribution in [0.2, 0.25) is 0 Å². The molecule has 2 aliphatic heterocycles. The average molecular weight is 141 g/mol. The van der Waals surface area contributed by atoms with Gasteiger partial charge >= 0.3 is 0 Å². The zero-order chi connectivity index (χ0) is 6.97. The molecule has 2 atom stereocenters. The Labute approximate surface area is 62.2 Å². The van der Waals surface area contributed by atoms with Crippen molar-refractivity contribution < 1.29 is 4.74 Å². The van der Waals surface area contributed by atoms with E-state index in [9.17, 15) is 0 Å². The fraction of sp³-hybridized carbons (Fsp3) is 1.00. The van der Waals surface area contributed by atoms with E-state index in [4.69, 9.17) is 4.74 Å². The number of rotatable bonds is 2. The van der Waals surface area contributed by atoms with Crippen LogP contribution in [0.5, 0.6) is 0 Å². The molecule has 2 heterocycles. The standard InChI is InChI=1S/C8H15NO/c1-2-3-9-5-8-4-7(9)6-10-8/h7-8H,2-6H2,1H3/t7-,8-/m0/s1. The lowest BCUT2D eigenvalue weighted by molar-refractivity contribution is 0.0308. The summed E-state index contributed by atoms with van der Waals surface area (Å²) in [6, 6.07) is 0.768. The maximum atomic E-state index is 5.49. The van der Waals surface area contributed by atoms with Crippen molar-refractivity contribution in [3.63, 3.8) is 0 Å². The number of hydrogen-bond donors (Lipinski definition) is 0. The van der Waals surface area contributed by atoms with Gasteiger partial charge in [0.25, 0.3) is 0 Å². The zero-order valence-corrected chi connectivity index (χ0v) is 6.55. The van der Waals surface area contributed by atoms with Crippen molar-refractivity contribution in [3.8, 4) is 0 Å². The lowest BCUT2D eigenvalue weighted by Crippen LogP contribution is -2.37. The van der Waals surface area contributed by atoms with E-state index < -0.39 is 0 Å². The average Bonchev–Trinajstić information content (AvgIpc) is 2.48. The normalized spacial score (nSPS) is 39.3. The number of ether oxygens (including phenoxy) is 1. The van der Waals surface area contributed by atoms with Crippen LogP contribution in [0.4, 0.5) is 0 Å². The molecule has 2 bridgehead atoms. The van der Waals surface area contributed by atoms with Crippen LogP contribution in [-0.4, -0.2) is 36.7 Å². The molecule has 2 fully saturated rings. The monoisotopic (exact) mass is 141 g/mol. The lowest BCUT2D eigenvalue weighted by Gasteiger charge is -2.25. The summed E-state index contributed by atoms with van der Waals surface area (Å²) in [6.07, 6.45) is 3.15. The van der Waals surface area contributed by atoms with E-state index >= 15 is 0 Å². The molecule has 0 saturated carbocycles. The van der Waals surface area contributed by atoms with Gasteiger partial charge in [0.1, 0.15) is 0 Å². The van der Waals surface area contributed by atoms with Gasteiger partial charge in [-0.2, -0.15) is 0 Å². The Hall–Kier alpha value is -0.0800. The van der Waals surface area contributed by atoms with Crippen LogP contribution in [-0.2, 0) is 4.74 Å². The van der Waals surface area contributed by atoms with E-state index in [1.807, 2.05) is 0 Å². The Bertz CT molecular complexity index is 126. The maximum Gasteiger partial charge on any atom is 0.0718 e. The summed E-state index contributed by atoms with van der Waals surface area (Å²) in [6.45, 7) is 5.69. The topological polar surface area (TPSA) is 12.5 Å². The van der Waals surface area contributed by atoms with Crippen molar-refractivity contribution in [2.45, 2.75) is 31.9 Å². The van der Waals surface area contributed by atoms with Crippen LogP contribution < -0.4 is 0 Å². The third-order valence-electron chi connectivity index (χ3n) is 2.52. The predicted octanol–water partition coefficient (Wildman–Crippen LogP) is 0.869. The molecule has 2 saturated heterocycles. The van der Waals surface area contributed by atoms with Crippen molar-refractivity contribution in [1.29, 1.82) is 0 Å². The Kier molecular flexibility index (Phi) is 1.66. The predicted molar refractivity (Wildman–Crippen MR) is 40.0 cm³/mol. The summed E-state index contributed by atoms with van der Waals surface area (Å²) < 4.78 is 5.49. The van der Waals surface area contributed by atoms with E-state index in [2.05, 4.69) is 11.8 Å². The van der Waals surface area contributed by atoms with Gasteiger partial charge in [-0.05, 0) is 19.4 Å². The van der Waals surface area contributed by atoms with Crippen LogP contribution in [0.15, 0.2) is 0 Å². The zero-order valence-electron chi connectivity index (χ0n) is 6.55. The van der Waals surface area contributed by atoms with Crippen molar-refractivity contribution in [3.05, 3.63) is 0 Å². The molecule has 2 nitrogen and oxygen atoms in total. The van der Waals surface area contributed by atoms with Gasteiger partial charge in [-0.15, -0.1) is 0 Å². The molecule has 0 unspecified atom stereocenters. The fourth-order valence-electron chi connectivity index (χ4n) is 2.04. The van der Waals surface area contributed by atoms with Crippen molar-refractivity contribution in [2.24, 2.45) is 0 Å². The van der Waals surface area contributed by atoms with Gasteiger partial charge in [-0.25, -0.2) is 0 Å². The minimum absolute atomic E-state index is 0.580. The number of morpholine rings is 1. The Morgan fingerprint density at radius 3 is 3.00 bits per heavy atom. The number of hydrogen-bond acceptors (Lipinski definition) is 2. The molecule has 0 aromatic heterocycles. The summed E-state index contributed by atoms with van der Waals surface area (Å²) >= 11 is 0. The number of likely N-dealkylation sites (tertiary alicyclic amines) is 1. The van der Waals surface area contributed by atoms with Gasteiger partial charge in [-0.1, -0.05) is 6.92 Å². The van der Waals surface area contributed by atoms with Gasteiger partial charge in [0.2, 0.25) is 0 Å². The lowest BCUT2D eigenvalue weighted by atomic mass is 10.2. The van der Waals surface area contributed by atoms with E-state index in [0.29, 0.717) is 6.10 Å². The van der Waals surface area contributed by atoms with E-state index in [1.54, 1.807) is 0 Å². The second-order valence-corrected chi connectivity index (χ2v) is 3.34. The van der Waals surface area contributed by atoms with E-state index in [1.165, 1.54) is 25.9 Å². The summed E-state index contributed by atoms with van der Waals surface area (Å²) in [5.41, 5.74) is 0. The molecule has 0 aromatic rings. The highest BCUT2D eigenvalue weighted by Gasteiger charge is 2.37. The molecule has 58 valence electrons. The van der Waals surface area contributed by atoms with Crippen molar-refractivity contribution >= 4 is 0 Å². The second-order valence-electron chi connectivity index (χ2n) is 3.34. The van der Waals surface area contributed by atoms with Crippen molar-refractivity contribution in [1.82, 2.24) is 4.90 Å². The number of fused-ring (bicyclic) bond motifs is 2. The third kappa shape index (κ3) is 0.956. The SMILES string of the molecule is CCCN1C[C@@H]2C[C@H]1CO2. The van der Waals surface area contributed by atoms with Gasteiger partial charge in [0.05, 0.1) is 12.7 Å². The highest BCUT2D eigenvalue weighted by molar-refractivity contribution is 4.90. The first kappa shape index (κ1) is 6.62. The van der Waals surface area contributed by atoms with Crippen LogP contribution in [0.1, 0.15) is 19.8 Å². The Morgan fingerprint density at radius 1 is 1.60 bits per heavy atom. The molecule has 0 amide bonds. The maximum absolute atomic E-state index is 5.49. The van der Waals surface area contributed by atoms with Gasteiger partial charge in [-0.3, -0.25) is 4.90 Å². The summed E-state index contributed by atoms with van der Waals surface area (Å²) in [5.74, 6) is 0. The molecule has 10 heavy (non-hydrogen) atoms. The molecule has 0 radical (unpaired) electrons. The van der Waals surface area contributed by atoms with Crippen LogP contribution in [0.25, 0.3) is 0 Å². The molecule has 2 aliphatic rings. The summed E-state index contributed by atoms with van der Waals surface area (Å²) in [7, 11) is 0. The minimum Gasteiger partial charge on any atom is -0.375 e. The molecule has 0 aromatic carbocycles. The fourth-order valence-corrected chi connectivity index (χ4v) is 2.04. The van der Waals surface area contributed by atoms with E-state index in [0.717, 1.165) is 12.6 Å². The van der Waals surface area contributed by atoms with Crippen molar-refractivity contribution in [2.75, 3.05) is 19.7 Å². The van der Waals surface area contributed by atoms with E-state index in [-0.39, 0.29) is 0 Å². The molecule has 0 spiro atoms. The van der Waals surface area contributed by atoms with Gasteiger partial charge < -0.3 is 4.74 Å². The largest absolute Gasteiger partial charge is 0.375 e. The minimum atomic E-state index is 0.580. The molecular weight excluding hydrogens is 126 g/mol. The molecular formula is C8H15NO. The Morgan fingerprint density at radius 2 is 2.50 bits per heavy atom. The second kappa shape index (κ2) is 2.51. The Balaban J connectivity index is 1.90. The highest BCUT2D eigenvalue weighted by atomic mass is 16.5. The molecule has 0 N–H and O–H groups in total. The highest BCUT2D eigenvalue weighted by Crippen LogP contribution is 2.27. The summed E-state index contributed by atoms with van der Waals surface area (Å²) in [4.78, 5) is 2.56. The van der Waals surface area contributed by atoms with Crippen LogP contribution in [0, 0.1) is 0 Å². The smallest absolute Gasteiger partial charge is 0.0718 e. The van der Waals surface area contributed by atoms with Gasteiger partial charge in [0, 0.05) is 12.6 Å². The number of nitrogens with zero attached hydrogens (tertiary/aromatic N) is 1.